The summed E-state index contributed by atoms with van der Waals surface area (Å²) in [7, 11) is 1.77. The van der Waals surface area contributed by atoms with Crippen LogP contribution in [-0.4, -0.2) is 31.0 Å². The zero-order valence-electron chi connectivity index (χ0n) is 16.0. The van der Waals surface area contributed by atoms with Gasteiger partial charge < -0.3 is 15.1 Å². The van der Waals surface area contributed by atoms with Gasteiger partial charge in [-0.05, 0) is 61.4 Å². The number of hydrogen-bond donors (Lipinski definition) is 1. The van der Waals surface area contributed by atoms with Gasteiger partial charge in [0.2, 0.25) is 0 Å². The van der Waals surface area contributed by atoms with Crippen LogP contribution >= 0.6 is 0 Å². The lowest BCUT2D eigenvalue weighted by Crippen LogP contribution is -2.26. The van der Waals surface area contributed by atoms with E-state index in [4.69, 9.17) is 0 Å². The maximum absolute atomic E-state index is 12.6. The van der Waals surface area contributed by atoms with Gasteiger partial charge in [-0.15, -0.1) is 0 Å². The summed E-state index contributed by atoms with van der Waals surface area (Å²) in [5, 5.41) is 3.29. The number of nitrogens with zero attached hydrogens (tertiary/aromatic N) is 3. The van der Waals surface area contributed by atoms with Gasteiger partial charge in [-0.3, -0.25) is 4.79 Å². The van der Waals surface area contributed by atoms with E-state index in [0.29, 0.717) is 11.4 Å². The van der Waals surface area contributed by atoms with Gasteiger partial charge in [0.25, 0.3) is 5.91 Å². The molecule has 0 radical (unpaired) electrons. The molecule has 142 valence electrons. The summed E-state index contributed by atoms with van der Waals surface area (Å²) in [5.74, 6) is 0.632. The number of carbonyl (C=O) groups excluding carboxylic acids is 1. The van der Waals surface area contributed by atoms with Gasteiger partial charge in [0.15, 0.2) is 0 Å². The van der Waals surface area contributed by atoms with Crippen molar-refractivity contribution in [3.63, 3.8) is 0 Å². The summed E-state index contributed by atoms with van der Waals surface area (Å²) in [4.78, 5) is 21.1. The molecule has 1 fully saturated rings. The number of nitrogens with one attached hydrogen (secondary N) is 1. The molecule has 1 aliphatic rings. The number of benzene rings is 2. The van der Waals surface area contributed by atoms with Gasteiger partial charge in [0, 0.05) is 43.4 Å². The highest BCUT2D eigenvalue weighted by molar-refractivity contribution is 6.05. The van der Waals surface area contributed by atoms with Crippen LogP contribution in [-0.2, 0) is 0 Å². The molecule has 1 N–H and O–H groups in total. The summed E-state index contributed by atoms with van der Waals surface area (Å²) >= 11 is 0. The summed E-state index contributed by atoms with van der Waals surface area (Å²) in [6.45, 7) is 2.28. The lowest BCUT2D eigenvalue weighted by Gasteiger charge is -2.18. The number of aromatic nitrogens is 1. The summed E-state index contributed by atoms with van der Waals surface area (Å²) in [6.07, 6.45) is 4.16. The normalized spacial score (nSPS) is 13.4. The Balaban J connectivity index is 1.41. The lowest BCUT2D eigenvalue weighted by atomic mass is 10.2. The third-order valence-electron chi connectivity index (χ3n) is 5.07. The van der Waals surface area contributed by atoms with Crippen LogP contribution in [0.4, 0.5) is 22.9 Å². The highest BCUT2D eigenvalue weighted by atomic mass is 16.2. The second kappa shape index (κ2) is 8.13. The molecular formula is C23H24N4O. The van der Waals surface area contributed by atoms with Crippen LogP contribution in [0.5, 0.6) is 0 Å². The minimum absolute atomic E-state index is 0.0831. The van der Waals surface area contributed by atoms with E-state index in [9.17, 15) is 4.79 Å². The maximum Gasteiger partial charge on any atom is 0.259 e. The van der Waals surface area contributed by atoms with E-state index in [1.54, 1.807) is 24.2 Å². The van der Waals surface area contributed by atoms with Crippen molar-refractivity contribution in [1.82, 2.24) is 4.98 Å². The van der Waals surface area contributed by atoms with Gasteiger partial charge in [-0.1, -0.05) is 18.2 Å². The number of rotatable bonds is 5. The molecule has 4 rings (SSSR count). The largest absolute Gasteiger partial charge is 0.372 e. The highest BCUT2D eigenvalue weighted by Crippen LogP contribution is 2.23. The Morgan fingerprint density at radius 2 is 1.68 bits per heavy atom. The molecule has 5 nitrogen and oxygen atoms in total. The fraction of sp³-hybridized carbons (Fsp3) is 0.217. The molecule has 0 unspecified atom stereocenters. The fourth-order valence-corrected chi connectivity index (χ4v) is 3.44. The molecule has 0 bridgehead atoms. The number of pyridine rings is 1. The molecule has 1 amide bonds. The van der Waals surface area contributed by atoms with Gasteiger partial charge >= 0.3 is 0 Å². The second-order valence-electron chi connectivity index (χ2n) is 7.00. The minimum Gasteiger partial charge on any atom is -0.372 e. The van der Waals surface area contributed by atoms with Crippen LogP contribution in [0.3, 0.4) is 0 Å². The number of hydrogen-bond acceptors (Lipinski definition) is 4. The maximum atomic E-state index is 12.6. The molecule has 5 heteroatoms. The van der Waals surface area contributed by atoms with Crippen LogP contribution in [0.25, 0.3) is 0 Å². The van der Waals surface area contributed by atoms with E-state index in [2.05, 4.69) is 39.5 Å². The van der Waals surface area contributed by atoms with Crippen LogP contribution in [0.15, 0.2) is 72.9 Å². The van der Waals surface area contributed by atoms with Crippen molar-refractivity contribution in [2.75, 3.05) is 35.3 Å². The van der Waals surface area contributed by atoms with E-state index in [-0.39, 0.29) is 5.91 Å². The predicted molar refractivity (Wildman–Crippen MR) is 115 cm³/mol. The summed E-state index contributed by atoms with van der Waals surface area (Å²) in [6, 6.07) is 21.6. The SMILES string of the molecule is CN(C(=O)c1ccc(Nc2ccc(N3CCCC3)cc2)nc1)c1ccccc1. The molecule has 0 atom stereocenters. The van der Waals surface area contributed by atoms with Crippen molar-refractivity contribution in [1.29, 1.82) is 0 Å². The van der Waals surface area contributed by atoms with Crippen molar-refractivity contribution in [3.05, 3.63) is 78.5 Å². The van der Waals surface area contributed by atoms with Crippen molar-refractivity contribution >= 4 is 28.8 Å². The molecule has 2 heterocycles. The summed E-state index contributed by atoms with van der Waals surface area (Å²) < 4.78 is 0. The average molecular weight is 372 g/mol. The first kappa shape index (κ1) is 18.0. The van der Waals surface area contributed by atoms with Crippen LogP contribution in [0.2, 0.25) is 0 Å². The zero-order valence-corrected chi connectivity index (χ0v) is 16.0. The van der Waals surface area contributed by atoms with Gasteiger partial charge in [-0.2, -0.15) is 0 Å². The molecule has 1 saturated heterocycles. The van der Waals surface area contributed by atoms with Crippen LogP contribution in [0.1, 0.15) is 23.2 Å². The predicted octanol–water partition coefficient (Wildman–Crippen LogP) is 4.70. The zero-order chi connectivity index (χ0) is 19.3. The average Bonchev–Trinajstić information content (AvgIpc) is 3.29. The first-order valence-corrected chi connectivity index (χ1v) is 9.62. The topological polar surface area (TPSA) is 48.5 Å². The van der Waals surface area contributed by atoms with Gasteiger partial charge in [0.05, 0.1) is 5.56 Å². The molecule has 1 aromatic heterocycles. The number of para-hydroxylation sites is 1. The molecular weight excluding hydrogens is 348 g/mol. The number of carbonyl (C=O) groups is 1. The third kappa shape index (κ3) is 3.98. The first-order chi connectivity index (χ1) is 13.7. The number of anilines is 4. The van der Waals surface area contributed by atoms with Crippen molar-refractivity contribution in [2.45, 2.75) is 12.8 Å². The molecule has 0 spiro atoms. The fourth-order valence-electron chi connectivity index (χ4n) is 3.44. The van der Waals surface area contributed by atoms with Crippen LogP contribution < -0.4 is 15.1 Å². The molecule has 3 aromatic rings. The molecule has 1 aliphatic heterocycles. The molecule has 28 heavy (non-hydrogen) atoms. The van der Waals surface area contributed by atoms with Crippen molar-refractivity contribution in [2.24, 2.45) is 0 Å². The molecule has 0 saturated carbocycles. The lowest BCUT2D eigenvalue weighted by molar-refractivity contribution is 0.0992. The van der Waals surface area contributed by atoms with E-state index in [1.165, 1.54) is 18.5 Å². The van der Waals surface area contributed by atoms with Gasteiger partial charge in [0.1, 0.15) is 5.82 Å². The Labute approximate surface area is 165 Å². The minimum atomic E-state index is -0.0831. The second-order valence-corrected chi connectivity index (χ2v) is 7.00. The Morgan fingerprint density at radius 3 is 2.32 bits per heavy atom. The first-order valence-electron chi connectivity index (χ1n) is 9.62. The molecule has 2 aromatic carbocycles. The van der Waals surface area contributed by atoms with E-state index < -0.39 is 0 Å². The Kier molecular flexibility index (Phi) is 5.24. The van der Waals surface area contributed by atoms with E-state index in [1.807, 2.05) is 36.4 Å². The molecule has 0 aliphatic carbocycles. The third-order valence-corrected chi connectivity index (χ3v) is 5.07. The quantitative estimate of drug-likeness (QED) is 0.705. The monoisotopic (exact) mass is 372 g/mol. The number of amides is 1. The van der Waals surface area contributed by atoms with Crippen molar-refractivity contribution < 1.29 is 4.79 Å². The highest BCUT2D eigenvalue weighted by Gasteiger charge is 2.14. The van der Waals surface area contributed by atoms with E-state index >= 15 is 0 Å². The Hall–Kier alpha value is -3.34. The Bertz CT molecular complexity index is 917. The van der Waals surface area contributed by atoms with Crippen LogP contribution in [0, 0.1) is 0 Å². The Morgan fingerprint density at radius 1 is 0.964 bits per heavy atom. The standard InChI is InChI=1S/C23H24N4O/c1-26(20-7-3-2-4-8-20)23(28)18-9-14-22(24-17-18)25-19-10-12-21(13-11-19)27-15-5-6-16-27/h2-4,7-14,17H,5-6,15-16H2,1H3,(H,24,25). The smallest absolute Gasteiger partial charge is 0.259 e. The van der Waals surface area contributed by atoms with E-state index in [0.717, 1.165) is 24.5 Å². The van der Waals surface area contributed by atoms with Gasteiger partial charge in [-0.25, -0.2) is 4.98 Å². The summed E-state index contributed by atoms with van der Waals surface area (Å²) in [5.41, 5.74) is 3.66. The van der Waals surface area contributed by atoms with Crippen molar-refractivity contribution in [3.8, 4) is 0 Å².